The van der Waals surface area contributed by atoms with Crippen molar-refractivity contribution in [1.29, 1.82) is 0 Å². The predicted octanol–water partition coefficient (Wildman–Crippen LogP) is 1.20. The second-order valence-electron chi connectivity index (χ2n) is 4.00. The van der Waals surface area contributed by atoms with Crippen molar-refractivity contribution in [3.8, 4) is 0 Å². The highest BCUT2D eigenvalue weighted by molar-refractivity contribution is 5.83. The molecule has 0 spiro atoms. The summed E-state index contributed by atoms with van der Waals surface area (Å²) in [7, 11) is 0. The third-order valence-electron chi connectivity index (χ3n) is 2.58. The molecule has 0 saturated carbocycles. The largest absolute Gasteiger partial charge is 0.351 e. The molecule has 0 aliphatic rings. The number of amides is 1. The highest BCUT2D eigenvalue weighted by Crippen LogP contribution is 2.15. The summed E-state index contributed by atoms with van der Waals surface area (Å²) in [5.41, 5.74) is 7.40. The fourth-order valence-corrected chi connectivity index (χ4v) is 1.65. The Labute approximate surface area is 99.8 Å². The zero-order valence-corrected chi connectivity index (χ0v) is 9.68. The Balaban J connectivity index is 2.21. The minimum atomic E-state index is -0.488. The van der Waals surface area contributed by atoms with Crippen molar-refractivity contribution < 1.29 is 4.79 Å². The smallest absolute Gasteiger partial charge is 0.236 e. The van der Waals surface area contributed by atoms with Crippen molar-refractivity contribution in [2.45, 2.75) is 19.5 Å². The third-order valence-corrected chi connectivity index (χ3v) is 2.58. The molecule has 1 unspecified atom stereocenters. The number of pyridine rings is 1. The van der Waals surface area contributed by atoms with Gasteiger partial charge >= 0.3 is 0 Å². The number of nitrogens with two attached hydrogens (primary N) is 1. The molecule has 1 atom stereocenters. The van der Waals surface area contributed by atoms with Crippen LogP contribution in [0.4, 0.5) is 0 Å². The van der Waals surface area contributed by atoms with Crippen LogP contribution in [0.15, 0.2) is 36.5 Å². The van der Waals surface area contributed by atoms with Crippen molar-refractivity contribution in [1.82, 2.24) is 10.3 Å². The van der Waals surface area contributed by atoms with Crippen molar-refractivity contribution in [3.63, 3.8) is 0 Å². The van der Waals surface area contributed by atoms with Gasteiger partial charge in [-0.1, -0.05) is 24.3 Å². The summed E-state index contributed by atoms with van der Waals surface area (Å²) in [5, 5.41) is 3.86. The number of hydrogen-bond donors (Lipinski definition) is 2. The molecule has 1 aromatic heterocycles. The van der Waals surface area contributed by atoms with E-state index in [-0.39, 0.29) is 5.91 Å². The molecule has 88 valence electrons. The Hall–Kier alpha value is -1.94. The second kappa shape index (κ2) is 4.93. The van der Waals surface area contributed by atoms with Gasteiger partial charge in [0, 0.05) is 18.1 Å². The number of nitrogens with zero attached hydrogens (tertiary/aromatic N) is 1. The van der Waals surface area contributed by atoms with Gasteiger partial charge in [-0.2, -0.15) is 0 Å². The molecule has 0 saturated heterocycles. The van der Waals surface area contributed by atoms with Gasteiger partial charge in [0.25, 0.3) is 0 Å². The summed E-state index contributed by atoms with van der Waals surface area (Å²) in [5.74, 6) is -0.155. The first-order chi connectivity index (χ1) is 8.18. The van der Waals surface area contributed by atoms with E-state index in [4.69, 9.17) is 5.73 Å². The minimum Gasteiger partial charge on any atom is -0.351 e. The van der Waals surface area contributed by atoms with E-state index in [0.717, 1.165) is 16.5 Å². The average molecular weight is 229 g/mol. The van der Waals surface area contributed by atoms with Crippen molar-refractivity contribution >= 4 is 16.8 Å². The molecule has 2 aromatic rings. The van der Waals surface area contributed by atoms with Crippen LogP contribution in [-0.4, -0.2) is 16.9 Å². The molecule has 0 bridgehead atoms. The zero-order chi connectivity index (χ0) is 12.3. The van der Waals surface area contributed by atoms with Gasteiger partial charge in [0.1, 0.15) is 0 Å². The highest BCUT2D eigenvalue weighted by atomic mass is 16.2. The van der Waals surface area contributed by atoms with Crippen LogP contribution in [0.2, 0.25) is 0 Å². The van der Waals surface area contributed by atoms with Crippen LogP contribution in [-0.2, 0) is 11.3 Å². The number of carbonyl (C=O) groups is 1. The number of fused-ring (bicyclic) bond motifs is 1. The highest BCUT2D eigenvalue weighted by Gasteiger charge is 2.07. The molecule has 4 nitrogen and oxygen atoms in total. The topological polar surface area (TPSA) is 68.0 Å². The van der Waals surface area contributed by atoms with Gasteiger partial charge in [0.15, 0.2) is 0 Å². The lowest BCUT2D eigenvalue weighted by molar-refractivity contribution is -0.122. The first kappa shape index (κ1) is 11.5. The first-order valence-corrected chi connectivity index (χ1v) is 5.54. The van der Waals surface area contributed by atoms with Gasteiger partial charge in [-0.15, -0.1) is 0 Å². The van der Waals surface area contributed by atoms with Crippen molar-refractivity contribution in [3.05, 3.63) is 42.1 Å². The Kier molecular flexibility index (Phi) is 3.35. The SMILES string of the molecule is CC(N)C(=O)NCc1cccc2cccnc12. The lowest BCUT2D eigenvalue weighted by atomic mass is 10.1. The molecule has 0 aliphatic carbocycles. The summed E-state index contributed by atoms with van der Waals surface area (Å²) in [6.45, 7) is 2.12. The van der Waals surface area contributed by atoms with E-state index >= 15 is 0 Å². The summed E-state index contributed by atoms with van der Waals surface area (Å²) < 4.78 is 0. The van der Waals surface area contributed by atoms with Gasteiger partial charge < -0.3 is 11.1 Å². The van der Waals surface area contributed by atoms with Crippen LogP contribution in [0.25, 0.3) is 10.9 Å². The van der Waals surface area contributed by atoms with Crippen molar-refractivity contribution in [2.24, 2.45) is 5.73 Å². The Morgan fingerprint density at radius 2 is 2.18 bits per heavy atom. The summed E-state index contributed by atoms with van der Waals surface area (Å²) >= 11 is 0. The maximum Gasteiger partial charge on any atom is 0.236 e. The van der Waals surface area contributed by atoms with Crippen LogP contribution in [0, 0.1) is 0 Å². The quantitative estimate of drug-likeness (QED) is 0.831. The molecular weight excluding hydrogens is 214 g/mol. The van der Waals surface area contributed by atoms with Gasteiger partial charge in [-0.05, 0) is 18.6 Å². The number of para-hydroxylation sites is 1. The van der Waals surface area contributed by atoms with E-state index in [0.29, 0.717) is 6.54 Å². The van der Waals surface area contributed by atoms with Crippen LogP contribution in [0.3, 0.4) is 0 Å². The van der Waals surface area contributed by atoms with Gasteiger partial charge in [0.2, 0.25) is 5.91 Å². The molecule has 2 rings (SSSR count). The van der Waals surface area contributed by atoms with Crippen molar-refractivity contribution in [2.75, 3.05) is 0 Å². The van der Waals surface area contributed by atoms with Crippen LogP contribution < -0.4 is 11.1 Å². The zero-order valence-electron chi connectivity index (χ0n) is 9.68. The molecular formula is C13H15N3O. The lowest BCUT2D eigenvalue weighted by Gasteiger charge is -2.09. The van der Waals surface area contributed by atoms with Gasteiger partial charge in [0.05, 0.1) is 11.6 Å². The molecule has 1 amide bonds. The predicted molar refractivity (Wildman–Crippen MR) is 67.2 cm³/mol. The lowest BCUT2D eigenvalue weighted by Crippen LogP contribution is -2.37. The second-order valence-corrected chi connectivity index (χ2v) is 4.00. The standard InChI is InChI=1S/C13H15N3O/c1-9(14)13(17)16-8-11-5-2-4-10-6-3-7-15-12(10)11/h2-7,9H,8,14H2,1H3,(H,16,17). The van der Waals surface area contributed by atoms with E-state index < -0.39 is 6.04 Å². The van der Waals surface area contributed by atoms with Gasteiger partial charge in [-0.25, -0.2) is 0 Å². The summed E-state index contributed by atoms with van der Waals surface area (Å²) in [6, 6.07) is 9.32. The van der Waals surface area contributed by atoms with E-state index in [1.807, 2.05) is 30.3 Å². The van der Waals surface area contributed by atoms with Crippen LogP contribution in [0.5, 0.6) is 0 Å². The molecule has 0 aliphatic heterocycles. The maximum absolute atomic E-state index is 11.4. The maximum atomic E-state index is 11.4. The van der Waals surface area contributed by atoms with E-state index in [1.165, 1.54) is 0 Å². The number of nitrogens with one attached hydrogen (secondary N) is 1. The molecule has 1 heterocycles. The normalized spacial score (nSPS) is 12.4. The van der Waals surface area contributed by atoms with Crippen LogP contribution >= 0.6 is 0 Å². The molecule has 0 radical (unpaired) electrons. The first-order valence-electron chi connectivity index (χ1n) is 5.54. The molecule has 0 fully saturated rings. The molecule has 3 N–H and O–H groups in total. The Morgan fingerprint density at radius 3 is 2.94 bits per heavy atom. The average Bonchev–Trinajstić information content (AvgIpc) is 2.35. The fraction of sp³-hybridized carbons (Fsp3) is 0.231. The van der Waals surface area contributed by atoms with Crippen LogP contribution in [0.1, 0.15) is 12.5 Å². The van der Waals surface area contributed by atoms with E-state index in [9.17, 15) is 4.79 Å². The summed E-state index contributed by atoms with van der Waals surface area (Å²) in [4.78, 5) is 15.7. The summed E-state index contributed by atoms with van der Waals surface area (Å²) in [6.07, 6.45) is 1.75. The molecule has 17 heavy (non-hydrogen) atoms. The number of aromatic nitrogens is 1. The van der Waals surface area contributed by atoms with E-state index in [1.54, 1.807) is 13.1 Å². The minimum absolute atomic E-state index is 0.155. The number of rotatable bonds is 3. The number of benzene rings is 1. The Morgan fingerprint density at radius 1 is 1.41 bits per heavy atom. The monoisotopic (exact) mass is 229 g/mol. The number of hydrogen-bond acceptors (Lipinski definition) is 3. The van der Waals surface area contributed by atoms with E-state index in [2.05, 4.69) is 10.3 Å². The molecule has 1 aromatic carbocycles. The third kappa shape index (κ3) is 2.60. The molecule has 4 heteroatoms. The number of carbonyl (C=O) groups excluding carboxylic acids is 1. The van der Waals surface area contributed by atoms with Gasteiger partial charge in [-0.3, -0.25) is 9.78 Å². The fourth-order valence-electron chi connectivity index (χ4n) is 1.65. The Bertz CT molecular complexity index is 532.